The quantitative estimate of drug-likeness (QED) is 0.905. The first-order valence-corrected chi connectivity index (χ1v) is 7.38. The van der Waals surface area contributed by atoms with E-state index in [2.05, 4.69) is 5.10 Å². The fourth-order valence-electron chi connectivity index (χ4n) is 3.07. The van der Waals surface area contributed by atoms with E-state index < -0.39 is 5.60 Å². The predicted octanol–water partition coefficient (Wildman–Crippen LogP) is 2.97. The smallest absolute Gasteiger partial charge is 0.108 e. The molecule has 5 heteroatoms. The van der Waals surface area contributed by atoms with Gasteiger partial charge in [-0.25, -0.2) is 0 Å². The molecule has 0 saturated heterocycles. The molecule has 2 rings (SSSR count). The second-order valence-electron chi connectivity index (χ2n) is 5.54. The van der Waals surface area contributed by atoms with Gasteiger partial charge >= 0.3 is 0 Å². The van der Waals surface area contributed by atoms with Crippen molar-refractivity contribution in [3.05, 3.63) is 16.9 Å². The van der Waals surface area contributed by atoms with E-state index in [0.29, 0.717) is 18.2 Å². The molecule has 1 fully saturated rings. The van der Waals surface area contributed by atoms with Gasteiger partial charge in [0, 0.05) is 7.11 Å². The summed E-state index contributed by atoms with van der Waals surface area (Å²) < 4.78 is 6.86. The average Bonchev–Trinajstić information content (AvgIpc) is 2.79. The Labute approximate surface area is 119 Å². The summed E-state index contributed by atoms with van der Waals surface area (Å²) in [5.41, 5.74) is -0.181. The van der Waals surface area contributed by atoms with E-state index >= 15 is 0 Å². The standard InChI is InChI=1S/C14H23ClN2O2/c1-14(18,11-6-4-3-5-7-11)13-12(15)10-16-17(13)8-9-19-2/h10-11,18H,3-9H2,1-2H3. The van der Waals surface area contributed by atoms with Crippen LogP contribution >= 0.6 is 11.6 Å². The number of nitrogens with zero attached hydrogens (tertiary/aromatic N) is 2. The van der Waals surface area contributed by atoms with E-state index in [0.717, 1.165) is 18.5 Å². The summed E-state index contributed by atoms with van der Waals surface area (Å²) in [6.45, 7) is 3.04. The molecule has 0 radical (unpaired) electrons. The molecule has 0 aliphatic heterocycles. The van der Waals surface area contributed by atoms with Gasteiger partial charge in [0.05, 0.1) is 30.1 Å². The molecule has 108 valence electrons. The Morgan fingerprint density at radius 1 is 1.47 bits per heavy atom. The lowest BCUT2D eigenvalue weighted by Crippen LogP contribution is -2.36. The van der Waals surface area contributed by atoms with Gasteiger partial charge in [-0.3, -0.25) is 4.68 Å². The molecule has 1 N–H and O–H groups in total. The van der Waals surface area contributed by atoms with E-state index in [1.807, 2.05) is 6.92 Å². The van der Waals surface area contributed by atoms with Gasteiger partial charge in [-0.15, -0.1) is 0 Å². The second kappa shape index (κ2) is 6.25. The van der Waals surface area contributed by atoms with Gasteiger partial charge in [0.1, 0.15) is 5.60 Å². The third kappa shape index (κ3) is 3.12. The molecule has 0 spiro atoms. The molecule has 1 aromatic rings. The fraction of sp³-hybridized carbons (Fsp3) is 0.786. The first kappa shape index (κ1) is 14.8. The van der Waals surface area contributed by atoms with Crippen LogP contribution in [-0.2, 0) is 16.9 Å². The molecule has 0 amide bonds. The highest BCUT2D eigenvalue weighted by atomic mass is 35.5. The van der Waals surface area contributed by atoms with Crippen LogP contribution in [0.1, 0.15) is 44.7 Å². The number of aromatic nitrogens is 2. The number of methoxy groups -OCH3 is 1. The summed E-state index contributed by atoms with van der Waals surface area (Å²) in [5, 5.41) is 15.8. The summed E-state index contributed by atoms with van der Waals surface area (Å²) in [4.78, 5) is 0. The minimum atomic E-state index is -0.915. The minimum absolute atomic E-state index is 0.261. The Morgan fingerprint density at radius 2 is 2.16 bits per heavy atom. The molecule has 1 aliphatic rings. The van der Waals surface area contributed by atoms with Crippen molar-refractivity contribution >= 4 is 11.6 Å². The second-order valence-corrected chi connectivity index (χ2v) is 5.95. The average molecular weight is 287 g/mol. The Bertz CT molecular complexity index is 412. The van der Waals surface area contributed by atoms with E-state index in [9.17, 15) is 5.11 Å². The van der Waals surface area contributed by atoms with Crippen LogP contribution < -0.4 is 0 Å². The SMILES string of the molecule is COCCn1ncc(Cl)c1C(C)(O)C1CCCCC1. The normalized spacial score (nSPS) is 20.4. The van der Waals surface area contributed by atoms with Crippen molar-refractivity contribution in [2.24, 2.45) is 5.92 Å². The molecular formula is C14H23ClN2O2. The third-order valence-corrected chi connectivity index (χ3v) is 4.46. The maximum Gasteiger partial charge on any atom is 0.108 e. The Kier molecular flexibility index (Phi) is 4.87. The Hall–Kier alpha value is -0.580. The summed E-state index contributed by atoms with van der Waals surface area (Å²) in [7, 11) is 1.66. The maximum absolute atomic E-state index is 11.0. The van der Waals surface area contributed by atoms with Crippen molar-refractivity contribution in [1.29, 1.82) is 0 Å². The highest BCUT2D eigenvalue weighted by molar-refractivity contribution is 6.31. The van der Waals surface area contributed by atoms with Gasteiger partial charge in [0.25, 0.3) is 0 Å². The molecule has 1 unspecified atom stereocenters. The van der Waals surface area contributed by atoms with E-state index in [1.165, 1.54) is 19.3 Å². The molecule has 1 aliphatic carbocycles. The molecule has 0 bridgehead atoms. The number of rotatable bonds is 5. The number of halogens is 1. The molecule has 1 aromatic heterocycles. The highest BCUT2D eigenvalue weighted by Gasteiger charge is 2.38. The third-order valence-electron chi connectivity index (χ3n) is 4.18. The van der Waals surface area contributed by atoms with Crippen LogP contribution in [0.5, 0.6) is 0 Å². The fourth-order valence-corrected chi connectivity index (χ4v) is 3.40. The van der Waals surface area contributed by atoms with Gasteiger partial charge in [-0.1, -0.05) is 30.9 Å². The zero-order chi connectivity index (χ0) is 13.9. The van der Waals surface area contributed by atoms with Crippen molar-refractivity contribution < 1.29 is 9.84 Å². The summed E-state index contributed by atoms with van der Waals surface area (Å²) in [6.07, 6.45) is 7.36. The first-order chi connectivity index (χ1) is 9.07. The molecule has 4 nitrogen and oxygen atoms in total. The Morgan fingerprint density at radius 3 is 2.79 bits per heavy atom. The van der Waals surface area contributed by atoms with Crippen molar-refractivity contribution in [2.45, 2.75) is 51.2 Å². The molecule has 19 heavy (non-hydrogen) atoms. The maximum atomic E-state index is 11.0. The molecule has 1 atom stereocenters. The van der Waals surface area contributed by atoms with Gasteiger partial charge in [-0.2, -0.15) is 5.10 Å². The van der Waals surface area contributed by atoms with Gasteiger partial charge in [-0.05, 0) is 25.7 Å². The van der Waals surface area contributed by atoms with Gasteiger partial charge in [0.2, 0.25) is 0 Å². The monoisotopic (exact) mass is 286 g/mol. The summed E-state index contributed by atoms with van der Waals surface area (Å²) in [5.74, 6) is 0.261. The minimum Gasteiger partial charge on any atom is -0.384 e. The predicted molar refractivity (Wildman–Crippen MR) is 75.3 cm³/mol. The summed E-state index contributed by atoms with van der Waals surface area (Å²) >= 11 is 6.24. The number of hydrogen-bond donors (Lipinski definition) is 1. The van der Waals surface area contributed by atoms with E-state index in [4.69, 9.17) is 16.3 Å². The zero-order valence-corrected chi connectivity index (χ0v) is 12.5. The van der Waals surface area contributed by atoms with E-state index in [-0.39, 0.29) is 5.92 Å². The number of aliphatic hydroxyl groups is 1. The Balaban J connectivity index is 2.24. The van der Waals surface area contributed by atoms with E-state index in [1.54, 1.807) is 18.0 Å². The van der Waals surface area contributed by atoms with Crippen LogP contribution in [-0.4, -0.2) is 28.6 Å². The molecule has 0 aromatic carbocycles. The zero-order valence-electron chi connectivity index (χ0n) is 11.7. The lowest BCUT2D eigenvalue weighted by molar-refractivity contribution is -0.0295. The van der Waals surface area contributed by atoms with Crippen molar-refractivity contribution in [1.82, 2.24) is 9.78 Å². The largest absolute Gasteiger partial charge is 0.384 e. The molecular weight excluding hydrogens is 264 g/mol. The number of ether oxygens (including phenoxy) is 1. The number of hydrogen-bond acceptors (Lipinski definition) is 3. The van der Waals surface area contributed by atoms with Crippen LogP contribution in [0.4, 0.5) is 0 Å². The molecule has 1 saturated carbocycles. The highest BCUT2D eigenvalue weighted by Crippen LogP contribution is 2.41. The van der Waals surface area contributed by atoms with Crippen LogP contribution in [0.25, 0.3) is 0 Å². The van der Waals surface area contributed by atoms with Crippen LogP contribution in [0, 0.1) is 5.92 Å². The van der Waals surface area contributed by atoms with Gasteiger partial charge in [0.15, 0.2) is 0 Å². The topological polar surface area (TPSA) is 47.3 Å². The van der Waals surface area contributed by atoms with Crippen molar-refractivity contribution in [3.8, 4) is 0 Å². The lowest BCUT2D eigenvalue weighted by Gasteiger charge is -2.36. The lowest BCUT2D eigenvalue weighted by atomic mass is 9.76. The van der Waals surface area contributed by atoms with Gasteiger partial charge < -0.3 is 9.84 Å². The van der Waals surface area contributed by atoms with Crippen molar-refractivity contribution in [2.75, 3.05) is 13.7 Å². The van der Waals surface area contributed by atoms with Crippen LogP contribution in [0.2, 0.25) is 5.02 Å². The van der Waals surface area contributed by atoms with Crippen LogP contribution in [0.15, 0.2) is 6.20 Å². The van der Waals surface area contributed by atoms with Crippen molar-refractivity contribution in [3.63, 3.8) is 0 Å². The van der Waals surface area contributed by atoms with Crippen LogP contribution in [0.3, 0.4) is 0 Å². The first-order valence-electron chi connectivity index (χ1n) is 7.00. The molecule has 1 heterocycles. The summed E-state index contributed by atoms with van der Waals surface area (Å²) in [6, 6.07) is 0.